The molecular weight excluding hydrogens is 254 g/mol. The Labute approximate surface area is 109 Å². The van der Waals surface area contributed by atoms with Crippen molar-refractivity contribution >= 4 is 17.5 Å². The second kappa shape index (κ2) is 5.66. The first-order valence-electron chi connectivity index (χ1n) is 5.38. The molecule has 0 aliphatic heterocycles. The van der Waals surface area contributed by atoms with Crippen LogP contribution in [0.4, 0.5) is 0 Å². The zero-order chi connectivity index (χ0) is 13.0. The molecule has 3 N–H and O–H groups in total. The molecule has 1 atom stereocenters. The molecule has 1 amide bonds. The summed E-state index contributed by atoms with van der Waals surface area (Å²) in [5.74, 6) is -0.321. The number of rotatable bonds is 4. The van der Waals surface area contributed by atoms with Crippen molar-refractivity contribution in [1.82, 2.24) is 15.5 Å². The van der Waals surface area contributed by atoms with E-state index in [4.69, 9.17) is 11.6 Å². The van der Waals surface area contributed by atoms with E-state index in [-0.39, 0.29) is 12.5 Å². The highest BCUT2D eigenvalue weighted by Gasteiger charge is 2.13. The smallest absolute Gasteiger partial charge is 0.269 e. The van der Waals surface area contributed by atoms with Crippen LogP contribution in [0.2, 0.25) is 5.02 Å². The van der Waals surface area contributed by atoms with E-state index in [1.165, 1.54) is 6.20 Å². The molecule has 0 saturated carbocycles. The third kappa shape index (κ3) is 2.88. The molecule has 2 aromatic rings. The van der Waals surface area contributed by atoms with Crippen molar-refractivity contribution in [1.29, 1.82) is 0 Å². The molecule has 94 valence electrons. The van der Waals surface area contributed by atoms with E-state index in [0.717, 1.165) is 0 Å². The first-order chi connectivity index (χ1) is 8.68. The lowest BCUT2D eigenvalue weighted by Gasteiger charge is -2.13. The van der Waals surface area contributed by atoms with Gasteiger partial charge in [0.05, 0.1) is 6.10 Å². The van der Waals surface area contributed by atoms with Gasteiger partial charge in [0.15, 0.2) is 0 Å². The average Bonchev–Trinajstić information content (AvgIpc) is 2.90. The minimum Gasteiger partial charge on any atom is -0.387 e. The molecule has 0 radical (unpaired) electrons. The monoisotopic (exact) mass is 265 g/mol. The third-order valence-electron chi connectivity index (χ3n) is 2.47. The number of carbonyl (C=O) groups excluding carboxylic acids is 1. The van der Waals surface area contributed by atoms with Gasteiger partial charge in [0.2, 0.25) is 0 Å². The number of aliphatic hydroxyl groups is 1. The number of amides is 1. The Morgan fingerprint density at radius 3 is 2.89 bits per heavy atom. The lowest BCUT2D eigenvalue weighted by molar-refractivity contribution is 0.0911. The number of hydrogen-bond donors (Lipinski definition) is 3. The maximum absolute atomic E-state index is 11.6. The predicted molar refractivity (Wildman–Crippen MR) is 67.3 cm³/mol. The second-order valence-electron chi connectivity index (χ2n) is 3.72. The van der Waals surface area contributed by atoms with Crippen molar-refractivity contribution in [3.8, 4) is 0 Å². The van der Waals surface area contributed by atoms with Crippen LogP contribution in [0.5, 0.6) is 0 Å². The second-order valence-corrected chi connectivity index (χ2v) is 4.12. The van der Waals surface area contributed by atoms with E-state index in [1.807, 2.05) is 0 Å². The maximum Gasteiger partial charge on any atom is 0.269 e. The summed E-state index contributed by atoms with van der Waals surface area (Å²) in [6, 6.07) is 8.52. The molecule has 0 aliphatic carbocycles. The molecule has 18 heavy (non-hydrogen) atoms. The molecule has 2 rings (SSSR count). The van der Waals surface area contributed by atoms with Gasteiger partial charge in [-0.2, -0.15) is 5.10 Å². The van der Waals surface area contributed by atoms with E-state index in [2.05, 4.69) is 15.5 Å². The van der Waals surface area contributed by atoms with Crippen molar-refractivity contribution < 1.29 is 9.90 Å². The van der Waals surface area contributed by atoms with Gasteiger partial charge in [0.1, 0.15) is 5.69 Å². The minimum absolute atomic E-state index is 0.0849. The molecule has 0 bridgehead atoms. The van der Waals surface area contributed by atoms with Gasteiger partial charge in [-0.15, -0.1) is 0 Å². The fourth-order valence-corrected chi connectivity index (χ4v) is 1.78. The third-order valence-corrected chi connectivity index (χ3v) is 2.81. The van der Waals surface area contributed by atoms with Crippen LogP contribution < -0.4 is 5.32 Å². The zero-order valence-corrected chi connectivity index (χ0v) is 10.2. The maximum atomic E-state index is 11.6. The van der Waals surface area contributed by atoms with Gasteiger partial charge >= 0.3 is 0 Å². The highest BCUT2D eigenvalue weighted by atomic mass is 35.5. The molecule has 0 aliphatic rings. The summed E-state index contributed by atoms with van der Waals surface area (Å²) in [7, 11) is 0. The Balaban J connectivity index is 1.95. The number of carbonyl (C=O) groups is 1. The Kier molecular flexibility index (Phi) is 3.96. The highest BCUT2D eigenvalue weighted by molar-refractivity contribution is 6.31. The van der Waals surface area contributed by atoms with Gasteiger partial charge in [-0.25, -0.2) is 0 Å². The molecule has 6 heteroatoms. The molecule has 0 spiro atoms. The minimum atomic E-state index is -0.842. The highest BCUT2D eigenvalue weighted by Crippen LogP contribution is 2.21. The number of nitrogens with zero attached hydrogens (tertiary/aromatic N) is 1. The number of aromatic nitrogens is 2. The van der Waals surface area contributed by atoms with Gasteiger partial charge in [-0.1, -0.05) is 29.8 Å². The van der Waals surface area contributed by atoms with Crippen LogP contribution in [0.3, 0.4) is 0 Å². The number of H-pyrrole nitrogens is 1. The number of benzene rings is 1. The lowest BCUT2D eigenvalue weighted by atomic mass is 10.1. The quantitative estimate of drug-likeness (QED) is 0.784. The van der Waals surface area contributed by atoms with Crippen LogP contribution in [0.15, 0.2) is 36.5 Å². The van der Waals surface area contributed by atoms with Gasteiger partial charge in [-0.3, -0.25) is 9.89 Å². The SMILES string of the molecule is O=C(NCC(O)c1ccccc1Cl)c1ccn[nH]1. The van der Waals surface area contributed by atoms with E-state index in [0.29, 0.717) is 16.3 Å². The summed E-state index contributed by atoms with van der Waals surface area (Å²) in [5.41, 5.74) is 0.936. The number of nitrogens with one attached hydrogen (secondary N) is 2. The fraction of sp³-hybridized carbons (Fsp3) is 0.167. The van der Waals surface area contributed by atoms with Gasteiger partial charge < -0.3 is 10.4 Å². The van der Waals surface area contributed by atoms with Gasteiger partial charge in [0, 0.05) is 23.3 Å². The summed E-state index contributed by atoms with van der Waals surface area (Å²) < 4.78 is 0. The van der Waals surface area contributed by atoms with Crippen molar-refractivity contribution in [3.63, 3.8) is 0 Å². The standard InChI is InChI=1S/C12H12ClN3O2/c13-9-4-2-1-3-8(9)11(17)7-14-12(18)10-5-6-15-16-10/h1-6,11,17H,7H2,(H,14,18)(H,15,16). The largest absolute Gasteiger partial charge is 0.387 e. The van der Waals surface area contributed by atoms with Crippen LogP contribution in [0.1, 0.15) is 22.2 Å². The lowest BCUT2D eigenvalue weighted by Crippen LogP contribution is -2.28. The molecule has 0 fully saturated rings. The molecule has 1 aromatic heterocycles. The van der Waals surface area contributed by atoms with E-state index >= 15 is 0 Å². The molecular formula is C12H12ClN3O2. The first kappa shape index (κ1) is 12.6. The number of hydrogen-bond acceptors (Lipinski definition) is 3. The van der Waals surface area contributed by atoms with Crippen LogP contribution in [-0.4, -0.2) is 27.8 Å². The van der Waals surface area contributed by atoms with Gasteiger partial charge in [0.25, 0.3) is 5.91 Å². The summed E-state index contributed by atoms with van der Waals surface area (Å²) in [6.45, 7) is 0.0849. The number of aliphatic hydroxyl groups excluding tert-OH is 1. The van der Waals surface area contributed by atoms with E-state index < -0.39 is 6.10 Å². The van der Waals surface area contributed by atoms with Crippen molar-refractivity contribution in [2.75, 3.05) is 6.54 Å². The van der Waals surface area contributed by atoms with Crippen LogP contribution in [0, 0.1) is 0 Å². The Bertz CT molecular complexity index is 528. The number of aromatic amines is 1. The topological polar surface area (TPSA) is 78.0 Å². The van der Waals surface area contributed by atoms with E-state index in [1.54, 1.807) is 30.3 Å². The summed E-state index contributed by atoms with van der Waals surface area (Å²) in [4.78, 5) is 11.6. The zero-order valence-electron chi connectivity index (χ0n) is 9.43. The molecule has 1 heterocycles. The van der Waals surface area contributed by atoms with Gasteiger partial charge in [-0.05, 0) is 12.1 Å². The van der Waals surface area contributed by atoms with E-state index in [9.17, 15) is 9.90 Å². The van der Waals surface area contributed by atoms with Crippen LogP contribution >= 0.6 is 11.6 Å². The van der Waals surface area contributed by atoms with Crippen molar-refractivity contribution in [3.05, 3.63) is 52.8 Å². The van der Waals surface area contributed by atoms with Crippen LogP contribution in [-0.2, 0) is 0 Å². The Morgan fingerprint density at radius 2 is 2.22 bits per heavy atom. The van der Waals surface area contributed by atoms with Crippen LogP contribution in [0.25, 0.3) is 0 Å². The molecule has 5 nitrogen and oxygen atoms in total. The average molecular weight is 266 g/mol. The van der Waals surface area contributed by atoms with Crippen molar-refractivity contribution in [2.24, 2.45) is 0 Å². The first-order valence-corrected chi connectivity index (χ1v) is 5.76. The predicted octanol–water partition coefficient (Wildman–Crippen LogP) is 1.53. The molecule has 1 aromatic carbocycles. The van der Waals surface area contributed by atoms with Crippen molar-refractivity contribution in [2.45, 2.75) is 6.10 Å². The molecule has 1 unspecified atom stereocenters. The Hall–Kier alpha value is -1.85. The molecule has 0 saturated heterocycles. The summed E-state index contributed by atoms with van der Waals surface area (Å²) >= 11 is 5.95. The fourth-order valence-electron chi connectivity index (χ4n) is 1.52. The number of halogens is 1. The normalized spacial score (nSPS) is 12.1. The Morgan fingerprint density at radius 1 is 1.44 bits per heavy atom. The summed E-state index contributed by atoms with van der Waals surface area (Å²) in [6.07, 6.45) is 0.643. The summed E-state index contributed by atoms with van der Waals surface area (Å²) in [5, 5.41) is 19.2.